The van der Waals surface area contributed by atoms with Gasteiger partial charge in [-0.15, -0.1) is 6.61 Å². The molecule has 0 heterocycles. The molecule has 0 aromatic carbocycles. The molecule has 0 aliphatic rings. The first-order chi connectivity index (χ1) is 3.27. The average Bonchev–Trinajstić information content (AvgIpc) is 1.61. The van der Waals surface area contributed by atoms with Crippen LogP contribution in [0.3, 0.4) is 0 Å². The molecule has 7 heavy (non-hydrogen) atoms. The molecule has 0 spiro atoms. The van der Waals surface area contributed by atoms with Crippen molar-refractivity contribution in [3.63, 3.8) is 0 Å². The lowest BCUT2D eigenvalue weighted by Gasteiger charge is -2.07. The zero-order valence-corrected chi connectivity index (χ0v) is 5.03. The van der Waals surface area contributed by atoms with Gasteiger partial charge in [0.15, 0.2) is 0 Å². The molecule has 0 fully saturated rings. The summed E-state index contributed by atoms with van der Waals surface area (Å²) in [6, 6.07) is 0. The molecule has 0 rings (SSSR count). The molecule has 0 radical (unpaired) electrons. The molecule has 0 aromatic heterocycles. The fourth-order valence-corrected chi connectivity index (χ4v) is 0.426. The topological polar surface area (TPSA) is 27.5 Å². The summed E-state index contributed by atoms with van der Waals surface area (Å²) >= 11 is 0. The van der Waals surface area contributed by atoms with Crippen LogP contribution in [-0.2, 0) is 0 Å². The van der Waals surface area contributed by atoms with E-state index < -0.39 is 0 Å². The van der Waals surface area contributed by atoms with Crippen molar-refractivity contribution < 1.29 is 10.0 Å². The van der Waals surface area contributed by atoms with Crippen LogP contribution >= 0.6 is 0 Å². The molecule has 0 aliphatic heterocycles. The first kappa shape index (κ1) is 6.92. The van der Waals surface area contributed by atoms with Crippen LogP contribution in [-0.4, -0.2) is 27.2 Å². The van der Waals surface area contributed by atoms with Crippen molar-refractivity contribution in [2.45, 2.75) is 6.42 Å². The summed E-state index contributed by atoms with van der Waals surface area (Å²) in [5.41, 5.74) is 0. The Labute approximate surface area is 44.8 Å². The second kappa shape index (κ2) is 4.09. The first-order valence-corrected chi connectivity index (χ1v) is 2.64. The minimum Gasteiger partial charge on any atom is -0.854 e. The summed E-state index contributed by atoms with van der Waals surface area (Å²) in [5.74, 6) is 0. The van der Waals surface area contributed by atoms with Gasteiger partial charge in [-0.25, -0.2) is 0 Å². The van der Waals surface area contributed by atoms with Gasteiger partial charge in [-0.05, 0) is 6.42 Å². The number of hydrogen-bond donors (Lipinski definition) is 1. The Morgan fingerprint density at radius 2 is 2.00 bits per heavy atom. The number of hydrogen-bond acceptors (Lipinski definition) is 1. The highest BCUT2D eigenvalue weighted by Crippen LogP contribution is 1.58. The predicted octanol–water partition coefficient (Wildman–Crippen LogP) is -2.12. The van der Waals surface area contributed by atoms with Gasteiger partial charge < -0.3 is 10.0 Å². The molecule has 0 bridgehead atoms. The fraction of sp³-hybridized carbons (Fsp3) is 1.00. The molecular weight excluding hydrogens is 90.1 g/mol. The van der Waals surface area contributed by atoms with Crippen LogP contribution in [0.1, 0.15) is 6.42 Å². The molecule has 1 N–H and O–H groups in total. The van der Waals surface area contributed by atoms with E-state index in [0.29, 0.717) is 0 Å². The third-order valence-electron chi connectivity index (χ3n) is 0.821. The number of quaternary nitrogens is 1. The van der Waals surface area contributed by atoms with Crippen LogP contribution in [0.5, 0.6) is 0 Å². The van der Waals surface area contributed by atoms with E-state index in [1.165, 1.54) is 4.90 Å². The normalized spacial score (nSPS) is 10.3. The summed E-state index contributed by atoms with van der Waals surface area (Å²) in [4.78, 5) is 1.36. The van der Waals surface area contributed by atoms with Crippen molar-refractivity contribution in [1.29, 1.82) is 0 Å². The van der Waals surface area contributed by atoms with Crippen molar-refractivity contribution >= 4 is 0 Å². The lowest BCUT2D eigenvalue weighted by atomic mass is 10.4. The van der Waals surface area contributed by atoms with E-state index in [4.69, 9.17) is 0 Å². The summed E-state index contributed by atoms with van der Waals surface area (Å²) < 4.78 is 0. The van der Waals surface area contributed by atoms with Crippen LogP contribution in [0, 0.1) is 0 Å². The zero-order valence-electron chi connectivity index (χ0n) is 5.03. The molecule has 0 aromatic rings. The van der Waals surface area contributed by atoms with Gasteiger partial charge in [-0.1, -0.05) is 0 Å². The van der Waals surface area contributed by atoms with E-state index in [2.05, 4.69) is 14.1 Å². The van der Waals surface area contributed by atoms with Gasteiger partial charge >= 0.3 is 0 Å². The molecular formula is C5H13NO. The van der Waals surface area contributed by atoms with Crippen LogP contribution in [0.15, 0.2) is 0 Å². The number of rotatable bonds is 3. The molecule has 0 aliphatic carbocycles. The molecule has 0 saturated heterocycles. The Balaban J connectivity index is 2.68. The summed E-state index contributed by atoms with van der Waals surface area (Å²) in [7, 11) is 4.10. The van der Waals surface area contributed by atoms with Gasteiger partial charge in [-0.3, -0.25) is 0 Å². The summed E-state index contributed by atoms with van der Waals surface area (Å²) in [6.45, 7) is 1.08. The van der Waals surface area contributed by atoms with Gasteiger partial charge in [0.2, 0.25) is 0 Å². The largest absolute Gasteiger partial charge is 0.854 e. The molecule has 2 heteroatoms. The Bertz CT molecular complexity index is 37.1. The maximum Gasteiger partial charge on any atom is 0.0753 e. The highest BCUT2D eigenvalue weighted by molar-refractivity contribution is 4.22. The lowest BCUT2D eigenvalue weighted by Crippen LogP contribution is -3.05. The monoisotopic (exact) mass is 103 g/mol. The molecule has 0 saturated carbocycles. The van der Waals surface area contributed by atoms with E-state index in [1.54, 1.807) is 0 Å². The molecule has 44 valence electrons. The maximum atomic E-state index is 9.82. The minimum atomic E-state index is 0.0746. The Hall–Kier alpha value is -0.0800. The summed E-state index contributed by atoms with van der Waals surface area (Å²) in [5, 5.41) is 9.82. The van der Waals surface area contributed by atoms with E-state index in [0.717, 1.165) is 13.0 Å². The second-order valence-electron chi connectivity index (χ2n) is 2.01. The molecule has 2 nitrogen and oxygen atoms in total. The standard InChI is InChI=1S/C5H12NO/c1-6(2)4-3-5-7/h3-5H2,1-2H3/q-1/p+1. The third-order valence-corrected chi connectivity index (χ3v) is 0.821. The van der Waals surface area contributed by atoms with Gasteiger partial charge in [0.1, 0.15) is 0 Å². The molecule has 0 atom stereocenters. The average molecular weight is 103 g/mol. The van der Waals surface area contributed by atoms with Crippen molar-refractivity contribution in [2.75, 3.05) is 27.2 Å². The third kappa shape index (κ3) is 5.92. The van der Waals surface area contributed by atoms with Gasteiger partial charge in [0.25, 0.3) is 0 Å². The van der Waals surface area contributed by atoms with Crippen molar-refractivity contribution in [2.24, 2.45) is 0 Å². The Morgan fingerprint density at radius 3 is 2.14 bits per heavy atom. The van der Waals surface area contributed by atoms with Crippen LogP contribution < -0.4 is 10.0 Å². The second-order valence-corrected chi connectivity index (χ2v) is 2.01. The van der Waals surface area contributed by atoms with Gasteiger partial charge in [-0.2, -0.15) is 0 Å². The first-order valence-electron chi connectivity index (χ1n) is 2.64. The van der Waals surface area contributed by atoms with Gasteiger partial charge in [0.05, 0.1) is 20.6 Å². The van der Waals surface area contributed by atoms with Crippen molar-refractivity contribution in [1.82, 2.24) is 0 Å². The van der Waals surface area contributed by atoms with Crippen molar-refractivity contribution in [3.8, 4) is 0 Å². The highest BCUT2D eigenvalue weighted by atomic mass is 16.3. The Morgan fingerprint density at radius 1 is 1.43 bits per heavy atom. The SMILES string of the molecule is C[NH+](C)CCC[O-]. The molecule has 0 unspecified atom stereocenters. The highest BCUT2D eigenvalue weighted by Gasteiger charge is 1.84. The quantitative estimate of drug-likeness (QED) is 0.434. The van der Waals surface area contributed by atoms with E-state index in [9.17, 15) is 5.11 Å². The van der Waals surface area contributed by atoms with E-state index >= 15 is 0 Å². The summed E-state index contributed by atoms with van der Waals surface area (Å²) in [6.07, 6.45) is 0.808. The Kier molecular flexibility index (Phi) is 4.04. The van der Waals surface area contributed by atoms with E-state index in [1.807, 2.05) is 0 Å². The van der Waals surface area contributed by atoms with E-state index in [-0.39, 0.29) is 6.61 Å². The smallest absolute Gasteiger partial charge is 0.0753 e. The van der Waals surface area contributed by atoms with Crippen LogP contribution in [0.4, 0.5) is 0 Å². The zero-order chi connectivity index (χ0) is 5.70. The molecule has 0 amide bonds. The van der Waals surface area contributed by atoms with Crippen LogP contribution in [0.2, 0.25) is 0 Å². The van der Waals surface area contributed by atoms with Crippen molar-refractivity contribution in [3.05, 3.63) is 0 Å². The van der Waals surface area contributed by atoms with Gasteiger partial charge in [0, 0.05) is 0 Å². The lowest BCUT2D eigenvalue weighted by molar-refractivity contribution is -0.859. The maximum absolute atomic E-state index is 9.82. The number of nitrogens with one attached hydrogen (secondary N) is 1. The predicted molar refractivity (Wildman–Crippen MR) is 27.2 cm³/mol. The minimum absolute atomic E-state index is 0.0746. The fourth-order valence-electron chi connectivity index (χ4n) is 0.426. The van der Waals surface area contributed by atoms with Crippen LogP contribution in [0.25, 0.3) is 0 Å².